The van der Waals surface area contributed by atoms with Crippen LogP contribution in [0, 0.1) is 50.4 Å². The fraction of sp³-hybridized carbons (Fsp3) is 0.0820. The van der Waals surface area contributed by atoms with Gasteiger partial charge in [0, 0.05) is 38.4 Å². The zero-order valence-electron chi connectivity index (χ0n) is 37.7. The predicted octanol–water partition coefficient (Wildman–Crippen LogP) is 16.5. The van der Waals surface area contributed by atoms with Gasteiger partial charge in [0.15, 0.2) is 0 Å². The van der Waals surface area contributed by atoms with Gasteiger partial charge in [0.05, 0.1) is 56.6 Å². The molecule has 0 amide bonds. The van der Waals surface area contributed by atoms with E-state index in [-0.39, 0.29) is 5.56 Å². The topological polar surface area (TPSA) is 57.4 Å². The molecule has 0 saturated heterocycles. The first-order valence-corrected chi connectivity index (χ1v) is 22.4. The zero-order chi connectivity index (χ0) is 47.0. The molecule has 0 saturated carbocycles. The number of hydrogen-bond donors (Lipinski definition) is 0. The molecule has 68 heavy (non-hydrogen) atoms. The van der Waals surface area contributed by atoms with Gasteiger partial charge in [-0.3, -0.25) is 0 Å². The lowest BCUT2D eigenvalue weighted by atomic mass is 9.91. The summed E-state index contributed by atoms with van der Waals surface area (Å²) in [5.74, 6) is 0. The minimum atomic E-state index is -4.62. The summed E-state index contributed by atoms with van der Waals surface area (Å²) in [4.78, 5) is 0. The van der Waals surface area contributed by atoms with E-state index in [9.17, 15) is 23.7 Å². The number of alkyl halides is 3. The van der Waals surface area contributed by atoms with E-state index < -0.39 is 11.7 Å². The van der Waals surface area contributed by atoms with Crippen molar-refractivity contribution in [2.24, 2.45) is 0 Å². The smallest absolute Gasteiger partial charge is 0.309 e. The van der Waals surface area contributed by atoms with Crippen molar-refractivity contribution in [2.45, 2.75) is 33.9 Å². The van der Waals surface area contributed by atoms with Gasteiger partial charge < -0.3 is 9.13 Å². The van der Waals surface area contributed by atoms with Gasteiger partial charge in [-0.05, 0) is 140 Å². The fourth-order valence-electron chi connectivity index (χ4n) is 10.3. The fourth-order valence-corrected chi connectivity index (χ4v) is 10.3. The Morgan fingerprint density at radius 3 is 1.46 bits per heavy atom. The molecule has 0 N–H and O–H groups in total. The number of fused-ring (bicyclic) bond motifs is 6. The number of benzene rings is 9. The van der Waals surface area contributed by atoms with E-state index in [1.807, 2.05) is 66.7 Å². The van der Waals surface area contributed by atoms with Crippen molar-refractivity contribution in [3.8, 4) is 68.0 Å². The Labute approximate surface area is 391 Å². The number of halogens is 3. The van der Waals surface area contributed by atoms with Crippen molar-refractivity contribution in [3.05, 3.63) is 215 Å². The van der Waals surface area contributed by atoms with Gasteiger partial charge in [-0.1, -0.05) is 119 Å². The summed E-state index contributed by atoms with van der Waals surface area (Å²) in [5, 5.41) is 25.4. The van der Waals surface area contributed by atoms with Crippen molar-refractivity contribution >= 4 is 43.6 Å². The largest absolute Gasteiger partial charge is 0.416 e. The summed E-state index contributed by atoms with van der Waals surface area (Å²) >= 11 is 0. The quantitative estimate of drug-likeness (QED) is 0.167. The molecule has 0 bridgehead atoms. The van der Waals surface area contributed by atoms with Crippen LogP contribution in [0.3, 0.4) is 0 Å². The summed E-state index contributed by atoms with van der Waals surface area (Å²) in [6.45, 7) is 8.43. The Bertz CT molecular complexity index is 3940. The van der Waals surface area contributed by atoms with Crippen LogP contribution in [-0.2, 0) is 6.18 Å². The summed E-state index contributed by atoms with van der Waals surface area (Å²) < 4.78 is 46.3. The lowest BCUT2D eigenvalue weighted by Gasteiger charge is -2.19. The molecule has 0 atom stereocenters. The summed E-state index contributed by atoms with van der Waals surface area (Å²) in [7, 11) is 0. The van der Waals surface area contributed by atoms with Crippen LogP contribution in [0.4, 0.5) is 13.2 Å². The lowest BCUT2D eigenvalue weighted by molar-refractivity contribution is -0.137. The third kappa shape index (κ3) is 7.08. The van der Waals surface area contributed by atoms with Crippen LogP contribution >= 0.6 is 0 Å². The van der Waals surface area contributed by atoms with Gasteiger partial charge >= 0.3 is 6.18 Å². The third-order valence-corrected chi connectivity index (χ3v) is 13.1. The number of aromatic nitrogens is 2. The highest BCUT2D eigenvalue weighted by atomic mass is 19.4. The molecular weight excluding hydrogens is 846 g/mol. The highest BCUT2D eigenvalue weighted by molar-refractivity contribution is 6.12. The van der Waals surface area contributed by atoms with Gasteiger partial charge in [-0.15, -0.1) is 0 Å². The molecule has 2 aromatic heterocycles. The minimum absolute atomic E-state index is 0.103. The standard InChI is InChI=1S/C61H41F3N4/c1-36-23-37(2)26-44(25-36)40-14-20-58-53(30-40)50-9-5-7-11-56(50)67(58)48-18-13-43(34-65)52(33-48)55-32-42(49-19-17-47(61(62,63)64)29-46(49)35-66)16-22-60(55)68-57-12-8-6-10-51(57)54-31-41(15-21-59(54)68)45-27-38(3)24-39(4)28-45/h5-33H,1-4H3. The van der Waals surface area contributed by atoms with Crippen molar-refractivity contribution in [1.82, 2.24) is 9.13 Å². The molecule has 0 aliphatic heterocycles. The van der Waals surface area contributed by atoms with E-state index in [1.165, 1.54) is 28.3 Å². The summed E-state index contributed by atoms with van der Waals surface area (Å²) in [6, 6.07) is 62.1. The Hall–Kier alpha value is -8.65. The summed E-state index contributed by atoms with van der Waals surface area (Å²) in [5.41, 5.74) is 16.3. The molecule has 326 valence electrons. The highest BCUT2D eigenvalue weighted by Crippen LogP contribution is 2.43. The van der Waals surface area contributed by atoms with E-state index in [4.69, 9.17) is 0 Å². The van der Waals surface area contributed by atoms with Crippen molar-refractivity contribution in [3.63, 3.8) is 0 Å². The SMILES string of the molecule is Cc1cc(C)cc(-c2ccc3c(c2)c2ccccc2n3-c2ccc(C#N)c(-c3cc(-c4ccc(C(F)(F)F)cc4C#N)ccc3-n3c4ccccc4c4cc(-c5cc(C)cc(C)c5)ccc43)c2)c1. The molecule has 7 heteroatoms. The van der Waals surface area contributed by atoms with Crippen LogP contribution in [0.2, 0.25) is 0 Å². The first-order chi connectivity index (χ1) is 32.9. The molecule has 11 aromatic rings. The van der Waals surface area contributed by atoms with Crippen LogP contribution in [-0.4, -0.2) is 9.13 Å². The van der Waals surface area contributed by atoms with Crippen LogP contribution in [0.15, 0.2) is 176 Å². The van der Waals surface area contributed by atoms with Gasteiger partial charge in [-0.25, -0.2) is 0 Å². The average molecular weight is 887 g/mol. The number of rotatable bonds is 6. The second-order valence-corrected chi connectivity index (χ2v) is 17.9. The van der Waals surface area contributed by atoms with Crippen LogP contribution in [0.1, 0.15) is 38.9 Å². The molecule has 2 heterocycles. The van der Waals surface area contributed by atoms with Gasteiger partial charge in [0.2, 0.25) is 0 Å². The molecule has 0 unspecified atom stereocenters. The molecule has 4 nitrogen and oxygen atoms in total. The number of para-hydroxylation sites is 2. The number of nitriles is 2. The van der Waals surface area contributed by atoms with Crippen molar-refractivity contribution < 1.29 is 13.2 Å². The predicted molar refractivity (Wildman–Crippen MR) is 270 cm³/mol. The zero-order valence-corrected chi connectivity index (χ0v) is 37.7. The molecule has 11 rings (SSSR count). The van der Waals surface area contributed by atoms with Crippen molar-refractivity contribution in [1.29, 1.82) is 10.5 Å². The van der Waals surface area contributed by atoms with E-state index in [0.717, 1.165) is 89.4 Å². The van der Waals surface area contributed by atoms with E-state index in [0.29, 0.717) is 27.8 Å². The maximum atomic E-state index is 14.0. The van der Waals surface area contributed by atoms with Crippen molar-refractivity contribution in [2.75, 3.05) is 0 Å². The van der Waals surface area contributed by atoms with Gasteiger partial charge in [-0.2, -0.15) is 23.7 Å². The van der Waals surface area contributed by atoms with Gasteiger partial charge in [0.25, 0.3) is 0 Å². The lowest BCUT2D eigenvalue weighted by Crippen LogP contribution is -2.05. The number of nitrogens with zero attached hydrogens (tertiary/aromatic N) is 4. The number of aryl methyl sites for hydroxylation is 4. The molecule has 0 fully saturated rings. The average Bonchev–Trinajstić information content (AvgIpc) is 3.84. The first kappa shape index (κ1) is 42.0. The minimum Gasteiger partial charge on any atom is -0.309 e. The van der Waals surface area contributed by atoms with E-state index >= 15 is 0 Å². The maximum Gasteiger partial charge on any atom is 0.416 e. The molecule has 9 aromatic carbocycles. The van der Waals surface area contributed by atoms with Crippen LogP contribution in [0.25, 0.3) is 99.5 Å². The first-order valence-electron chi connectivity index (χ1n) is 22.4. The van der Waals surface area contributed by atoms with E-state index in [2.05, 4.69) is 140 Å². The number of hydrogen-bond acceptors (Lipinski definition) is 2. The normalized spacial score (nSPS) is 11.7. The van der Waals surface area contributed by atoms with Crippen LogP contribution in [0.5, 0.6) is 0 Å². The monoisotopic (exact) mass is 886 g/mol. The second kappa shape index (κ2) is 16.0. The third-order valence-electron chi connectivity index (χ3n) is 13.1. The molecule has 0 aliphatic rings. The Morgan fingerprint density at radius 2 is 0.897 bits per heavy atom. The summed E-state index contributed by atoms with van der Waals surface area (Å²) in [6.07, 6.45) is -4.62. The maximum absolute atomic E-state index is 14.0. The highest BCUT2D eigenvalue weighted by Gasteiger charge is 2.31. The Kier molecular flexibility index (Phi) is 9.92. The molecule has 0 radical (unpaired) electrons. The van der Waals surface area contributed by atoms with Gasteiger partial charge in [0.1, 0.15) is 0 Å². The molecule has 0 aliphatic carbocycles. The Morgan fingerprint density at radius 1 is 0.382 bits per heavy atom. The second-order valence-electron chi connectivity index (χ2n) is 17.9. The van der Waals surface area contributed by atoms with Crippen LogP contribution < -0.4 is 0 Å². The molecular formula is C61H41F3N4. The van der Waals surface area contributed by atoms with E-state index in [1.54, 1.807) is 0 Å². The molecule has 0 spiro atoms. The Balaban J connectivity index is 1.17.